The zero-order valence-electron chi connectivity index (χ0n) is 9.33. The highest BCUT2D eigenvalue weighted by molar-refractivity contribution is 7.90. The normalized spacial score (nSPS) is 11.4. The number of benzene rings is 1. The highest BCUT2D eigenvalue weighted by Gasteiger charge is 2.08. The summed E-state index contributed by atoms with van der Waals surface area (Å²) in [6.07, 6.45) is 0. The summed E-state index contributed by atoms with van der Waals surface area (Å²) < 4.78 is 23.8. The molecular formula is C10H12N4O2S2. The maximum atomic E-state index is 10.8. The van der Waals surface area contributed by atoms with Crippen molar-refractivity contribution in [2.75, 3.05) is 4.72 Å². The standard InChI is InChI=1S/C10H12N4O2S2/c11-5-7-1-3-8(4-2-7)9-6-17-10(13-9)14-18(12,15)16/h1-4,6H,5,11H2,(H,13,14)(H2,12,15,16). The van der Waals surface area contributed by atoms with Gasteiger partial charge in [-0.1, -0.05) is 24.3 Å². The lowest BCUT2D eigenvalue weighted by Gasteiger charge is -1.99. The smallest absolute Gasteiger partial charge is 0.298 e. The Kier molecular flexibility index (Phi) is 3.62. The number of nitrogens with zero attached hydrogens (tertiary/aromatic N) is 1. The predicted octanol–water partition coefficient (Wildman–Crippen LogP) is 0.884. The van der Waals surface area contributed by atoms with Gasteiger partial charge in [-0.05, 0) is 5.56 Å². The molecule has 0 fully saturated rings. The summed E-state index contributed by atoms with van der Waals surface area (Å²) >= 11 is 1.18. The fourth-order valence-corrected chi connectivity index (χ4v) is 2.78. The van der Waals surface area contributed by atoms with Gasteiger partial charge in [0, 0.05) is 17.5 Å². The van der Waals surface area contributed by atoms with Crippen LogP contribution in [-0.2, 0) is 16.8 Å². The largest absolute Gasteiger partial charge is 0.326 e. The van der Waals surface area contributed by atoms with E-state index in [-0.39, 0.29) is 5.13 Å². The second kappa shape index (κ2) is 5.02. The summed E-state index contributed by atoms with van der Waals surface area (Å²) in [5.74, 6) is 0. The van der Waals surface area contributed by atoms with Gasteiger partial charge in [-0.25, -0.2) is 14.8 Å². The third kappa shape index (κ3) is 3.26. The molecule has 0 atom stereocenters. The van der Waals surface area contributed by atoms with Crippen LogP contribution < -0.4 is 15.6 Å². The maximum absolute atomic E-state index is 10.8. The third-order valence-corrected chi connectivity index (χ3v) is 3.58. The molecule has 2 rings (SSSR count). The first kappa shape index (κ1) is 13.0. The summed E-state index contributed by atoms with van der Waals surface area (Å²) in [4.78, 5) is 4.14. The Hall–Kier alpha value is -1.48. The lowest BCUT2D eigenvalue weighted by Crippen LogP contribution is -2.21. The van der Waals surface area contributed by atoms with Crippen molar-refractivity contribution in [3.63, 3.8) is 0 Å². The van der Waals surface area contributed by atoms with Crippen molar-refractivity contribution in [1.82, 2.24) is 4.98 Å². The fraction of sp³-hybridized carbons (Fsp3) is 0.100. The molecule has 0 bridgehead atoms. The van der Waals surface area contributed by atoms with Crippen LogP contribution in [0.15, 0.2) is 29.6 Å². The Morgan fingerprint density at radius 3 is 2.50 bits per heavy atom. The quantitative estimate of drug-likeness (QED) is 0.774. The molecule has 1 aromatic carbocycles. The van der Waals surface area contributed by atoms with E-state index >= 15 is 0 Å². The molecule has 0 saturated carbocycles. The van der Waals surface area contributed by atoms with Gasteiger partial charge in [-0.2, -0.15) is 8.42 Å². The van der Waals surface area contributed by atoms with Crippen LogP contribution >= 0.6 is 11.3 Å². The third-order valence-electron chi connectivity index (χ3n) is 2.22. The molecule has 0 spiro atoms. The van der Waals surface area contributed by atoms with Crippen LogP contribution in [-0.4, -0.2) is 13.4 Å². The van der Waals surface area contributed by atoms with Crippen LogP contribution in [0.1, 0.15) is 5.56 Å². The molecule has 6 nitrogen and oxygen atoms in total. The van der Waals surface area contributed by atoms with Gasteiger partial charge >= 0.3 is 0 Å². The van der Waals surface area contributed by atoms with Gasteiger partial charge in [0.1, 0.15) is 0 Å². The van der Waals surface area contributed by atoms with E-state index in [2.05, 4.69) is 9.71 Å². The Labute approximate surface area is 109 Å². The Morgan fingerprint density at radius 1 is 1.28 bits per heavy atom. The number of hydrogen-bond acceptors (Lipinski definition) is 5. The van der Waals surface area contributed by atoms with Crippen molar-refractivity contribution in [2.24, 2.45) is 10.9 Å². The van der Waals surface area contributed by atoms with Crippen molar-refractivity contribution >= 4 is 26.7 Å². The molecule has 1 heterocycles. The average molecular weight is 284 g/mol. The van der Waals surface area contributed by atoms with Crippen LogP contribution in [0, 0.1) is 0 Å². The van der Waals surface area contributed by atoms with Gasteiger partial charge in [-0.15, -0.1) is 11.3 Å². The van der Waals surface area contributed by atoms with Crippen LogP contribution in [0.2, 0.25) is 0 Å². The lowest BCUT2D eigenvalue weighted by atomic mass is 10.1. The van der Waals surface area contributed by atoms with Crippen LogP contribution in [0.5, 0.6) is 0 Å². The van der Waals surface area contributed by atoms with E-state index in [1.165, 1.54) is 11.3 Å². The average Bonchev–Trinajstić information content (AvgIpc) is 2.75. The van der Waals surface area contributed by atoms with Crippen molar-refractivity contribution < 1.29 is 8.42 Å². The maximum Gasteiger partial charge on any atom is 0.298 e. The molecule has 0 radical (unpaired) electrons. The number of nitrogens with two attached hydrogens (primary N) is 2. The Morgan fingerprint density at radius 2 is 1.94 bits per heavy atom. The van der Waals surface area contributed by atoms with Crippen molar-refractivity contribution in [2.45, 2.75) is 6.54 Å². The fourth-order valence-electron chi connectivity index (χ4n) is 1.39. The molecule has 8 heteroatoms. The zero-order chi connectivity index (χ0) is 13.2. The van der Waals surface area contributed by atoms with E-state index in [1.54, 1.807) is 5.38 Å². The molecule has 1 aromatic heterocycles. The van der Waals surface area contributed by atoms with Crippen molar-refractivity contribution in [3.05, 3.63) is 35.2 Å². The number of anilines is 1. The number of rotatable bonds is 4. The molecule has 0 saturated heterocycles. The van der Waals surface area contributed by atoms with Gasteiger partial charge < -0.3 is 5.73 Å². The van der Waals surface area contributed by atoms with E-state index in [0.29, 0.717) is 12.2 Å². The van der Waals surface area contributed by atoms with Gasteiger partial charge in [0.15, 0.2) is 5.13 Å². The molecule has 0 amide bonds. The van der Waals surface area contributed by atoms with Gasteiger partial charge in [0.2, 0.25) is 0 Å². The van der Waals surface area contributed by atoms with E-state index in [0.717, 1.165) is 11.1 Å². The highest BCUT2D eigenvalue weighted by atomic mass is 32.2. The molecule has 18 heavy (non-hydrogen) atoms. The molecule has 0 aliphatic rings. The minimum atomic E-state index is -3.78. The second-order valence-electron chi connectivity index (χ2n) is 3.59. The first-order valence-corrected chi connectivity index (χ1v) is 7.46. The van der Waals surface area contributed by atoms with Gasteiger partial charge in [-0.3, -0.25) is 0 Å². The molecule has 0 aliphatic heterocycles. The van der Waals surface area contributed by atoms with E-state index < -0.39 is 10.2 Å². The molecule has 0 aliphatic carbocycles. The second-order valence-corrected chi connectivity index (χ2v) is 5.74. The predicted molar refractivity (Wildman–Crippen MR) is 72.2 cm³/mol. The highest BCUT2D eigenvalue weighted by Crippen LogP contribution is 2.25. The summed E-state index contributed by atoms with van der Waals surface area (Å²) in [6, 6.07) is 7.58. The van der Waals surface area contributed by atoms with Crippen molar-refractivity contribution in [1.29, 1.82) is 0 Å². The van der Waals surface area contributed by atoms with E-state index in [9.17, 15) is 8.42 Å². The van der Waals surface area contributed by atoms with E-state index in [1.807, 2.05) is 24.3 Å². The number of aromatic nitrogens is 1. The summed E-state index contributed by atoms with van der Waals surface area (Å²) in [5.41, 5.74) is 8.12. The SMILES string of the molecule is NCc1ccc(-c2csc(NS(N)(=O)=O)n2)cc1. The van der Waals surface area contributed by atoms with Gasteiger partial charge in [0.05, 0.1) is 5.69 Å². The molecular weight excluding hydrogens is 272 g/mol. The lowest BCUT2D eigenvalue weighted by molar-refractivity contribution is 0.603. The van der Waals surface area contributed by atoms with E-state index in [4.69, 9.17) is 10.9 Å². The van der Waals surface area contributed by atoms with Crippen LogP contribution in [0.4, 0.5) is 5.13 Å². The van der Waals surface area contributed by atoms with Crippen LogP contribution in [0.25, 0.3) is 11.3 Å². The van der Waals surface area contributed by atoms with Gasteiger partial charge in [0.25, 0.3) is 10.2 Å². The minimum absolute atomic E-state index is 0.246. The first-order valence-electron chi connectivity index (χ1n) is 5.03. The monoisotopic (exact) mass is 284 g/mol. The molecule has 96 valence electrons. The minimum Gasteiger partial charge on any atom is -0.326 e. The number of hydrogen-bond donors (Lipinski definition) is 3. The Bertz CT molecular complexity index is 634. The molecule has 5 N–H and O–H groups in total. The number of nitrogens with one attached hydrogen (secondary N) is 1. The molecule has 0 unspecified atom stereocenters. The summed E-state index contributed by atoms with van der Waals surface area (Å²) in [5, 5.41) is 6.87. The topological polar surface area (TPSA) is 111 Å². The van der Waals surface area contributed by atoms with Crippen molar-refractivity contribution in [3.8, 4) is 11.3 Å². The van der Waals surface area contributed by atoms with Crippen LogP contribution in [0.3, 0.4) is 0 Å². The Balaban J connectivity index is 2.23. The molecule has 2 aromatic rings. The first-order chi connectivity index (χ1) is 8.48. The number of thiazole rings is 1. The summed E-state index contributed by atoms with van der Waals surface area (Å²) in [6.45, 7) is 0.482. The summed E-state index contributed by atoms with van der Waals surface area (Å²) in [7, 11) is -3.78. The zero-order valence-corrected chi connectivity index (χ0v) is 11.0.